The zero-order valence-electron chi connectivity index (χ0n) is 8.12. The lowest BCUT2D eigenvalue weighted by atomic mass is 9.90. The molecule has 0 aromatic heterocycles. The molecule has 0 saturated carbocycles. The van der Waals surface area contributed by atoms with Crippen LogP contribution in [0.15, 0.2) is 28.7 Å². The normalized spacial score (nSPS) is 19.9. The van der Waals surface area contributed by atoms with E-state index in [1.807, 2.05) is 5.01 Å². The van der Waals surface area contributed by atoms with Crippen LogP contribution < -0.4 is 5.84 Å². The number of rotatable bonds is 1. The van der Waals surface area contributed by atoms with Gasteiger partial charge in [0.2, 0.25) is 0 Å². The van der Waals surface area contributed by atoms with E-state index in [0.717, 1.165) is 13.1 Å². The van der Waals surface area contributed by atoms with E-state index in [1.54, 1.807) is 0 Å². The van der Waals surface area contributed by atoms with Crippen molar-refractivity contribution in [3.05, 3.63) is 34.3 Å². The second-order valence-electron chi connectivity index (χ2n) is 3.87. The van der Waals surface area contributed by atoms with Crippen molar-refractivity contribution >= 4 is 15.9 Å². The van der Waals surface area contributed by atoms with E-state index in [0.29, 0.717) is 5.92 Å². The highest BCUT2D eigenvalue weighted by atomic mass is 79.9. The van der Waals surface area contributed by atoms with Crippen LogP contribution in [-0.2, 0) is 0 Å². The van der Waals surface area contributed by atoms with Crippen molar-refractivity contribution in [3.63, 3.8) is 0 Å². The molecule has 1 aromatic carbocycles. The molecule has 0 spiro atoms. The lowest BCUT2D eigenvalue weighted by Crippen LogP contribution is -2.38. The topological polar surface area (TPSA) is 29.3 Å². The number of hydrogen-bond donors (Lipinski definition) is 1. The van der Waals surface area contributed by atoms with Crippen molar-refractivity contribution in [2.45, 2.75) is 18.8 Å². The van der Waals surface area contributed by atoms with Crippen molar-refractivity contribution in [1.82, 2.24) is 5.01 Å². The van der Waals surface area contributed by atoms with Gasteiger partial charge in [-0.2, -0.15) is 0 Å². The van der Waals surface area contributed by atoms with Crippen LogP contribution in [0, 0.1) is 0 Å². The Kier molecular flexibility index (Phi) is 3.21. The summed E-state index contributed by atoms with van der Waals surface area (Å²) in [7, 11) is 0. The quantitative estimate of drug-likeness (QED) is 0.781. The van der Waals surface area contributed by atoms with Crippen molar-refractivity contribution in [2.75, 3.05) is 13.1 Å². The highest BCUT2D eigenvalue weighted by Gasteiger charge is 2.18. The highest BCUT2D eigenvalue weighted by molar-refractivity contribution is 9.10. The Labute approximate surface area is 93.2 Å². The van der Waals surface area contributed by atoms with Crippen molar-refractivity contribution in [3.8, 4) is 0 Å². The van der Waals surface area contributed by atoms with Gasteiger partial charge in [-0.15, -0.1) is 0 Å². The number of hydrogen-bond acceptors (Lipinski definition) is 2. The fourth-order valence-electron chi connectivity index (χ4n) is 1.99. The Morgan fingerprint density at radius 3 is 2.64 bits per heavy atom. The Morgan fingerprint density at radius 1 is 1.29 bits per heavy atom. The predicted molar refractivity (Wildman–Crippen MR) is 61.9 cm³/mol. The molecule has 1 aliphatic rings. The summed E-state index contributed by atoms with van der Waals surface area (Å²) < 4.78 is 1.17. The molecule has 2 nitrogen and oxygen atoms in total. The third-order valence-electron chi connectivity index (χ3n) is 2.85. The molecule has 3 heteroatoms. The first kappa shape index (κ1) is 10.1. The molecule has 0 unspecified atom stereocenters. The van der Waals surface area contributed by atoms with E-state index in [-0.39, 0.29) is 0 Å². The van der Waals surface area contributed by atoms with Gasteiger partial charge in [0.15, 0.2) is 0 Å². The van der Waals surface area contributed by atoms with E-state index < -0.39 is 0 Å². The monoisotopic (exact) mass is 254 g/mol. The van der Waals surface area contributed by atoms with Gasteiger partial charge in [-0.1, -0.05) is 28.1 Å². The van der Waals surface area contributed by atoms with Gasteiger partial charge in [-0.25, -0.2) is 5.01 Å². The summed E-state index contributed by atoms with van der Waals surface area (Å²) in [5, 5.41) is 1.91. The maximum atomic E-state index is 5.73. The molecule has 0 atom stereocenters. The zero-order chi connectivity index (χ0) is 9.97. The van der Waals surface area contributed by atoms with E-state index in [2.05, 4.69) is 40.2 Å². The van der Waals surface area contributed by atoms with Crippen LogP contribution in [0.2, 0.25) is 0 Å². The van der Waals surface area contributed by atoms with Crippen molar-refractivity contribution < 1.29 is 0 Å². The minimum absolute atomic E-state index is 0.687. The van der Waals surface area contributed by atoms with Gasteiger partial charge in [0, 0.05) is 17.6 Å². The van der Waals surface area contributed by atoms with Crippen LogP contribution in [0.5, 0.6) is 0 Å². The van der Waals surface area contributed by atoms with Gasteiger partial charge in [0.1, 0.15) is 0 Å². The van der Waals surface area contributed by atoms with Gasteiger partial charge in [-0.3, -0.25) is 5.84 Å². The molecule has 1 heterocycles. The van der Waals surface area contributed by atoms with Gasteiger partial charge in [0.25, 0.3) is 0 Å². The van der Waals surface area contributed by atoms with Crippen LogP contribution in [-0.4, -0.2) is 18.1 Å². The Hall–Kier alpha value is -0.380. The van der Waals surface area contributed by atoms with Crippen LogP contribution in [0.1, 0.15) is 24.3 Å². The molecule has 1 aromatic rings. The highest BCUT2D eigenvalue weighted by Crippen LogP contribution is 2.28. The van der Waals surface area contributed by atoms with E-state index in [4.69, 9.17) is 5.84 Å². The van der Waals surface area contributed by atoms with Gasteiger partial charge in [-0.05, 0) is 36.5 Å². The molecule has 0 radical (unpaired) electrons. The SMILES string of the molecule is NN1CCC(c2cccc(Br)c2)CC1. The fraction of sp³-hybridized carbons (Fsp3) is 0.455. The molecule has 2 rings (SSSR count). The third kappa shape index (κ3) is 2.35. The van der Waals surface area contributed by atoms with Gasteiger partial charge >= 0.3 is 0 Å². The number of nitrogens with two attached hydrogens (primary N) is 1. The molecule has 1 saturated heterocycles. The van der Waals surface area contributed by atoms with Crippen LogP contribution in [0.25, 0.3) is 0 Å². The minimum Gasteiger partial charge on any atom is -0.269 e. The summed E-state index contributed by atoms with van der Waals surface area (Å²) in [6.07, 6.45) is 2.35. The molecule has 0 aliphatic carbocycles. The molecule has 1 aliphatic heterocycles. The number of halogens is 1. The van der Waals surface area contributed by atoms with E-state index >= 15 is 0 Å². The van der Waals surface area contributed by atoms with Crippen LogP contribution in [0.4, 0.5) is 0 Å². The second-order valence-corrected chi connectivity index (χ2v) is 4.78. The van der Waals surface area contributed by atoms with Crippen molar-refractivity contribution in [2.24, 2.45) is 5.84 Å². The van der Waals surface area contributed by atoms with Crippen molar-refractivity contribution in [1.29, 1.82) is 0 Å². The largest absolute Gasteiger partial charge is 0.269 e. The molecule has 0 amide bonds. The first-order valence-electron chi connectivity index (χ1n) is 5.01. The summed E-state index contributed by atoms with van der Waals surface area (Å²) in [6, 6.07) is 8.61. The predicted octanol–water partition coefficient (Wildman–Crippen LogP) is 2.50. The average molecular weight is 255 g/mol. The Morgan fingerprint density at radius 2 is 2.00 bits per heavy atom. The van der Waals surface area contributed by atoms with Crippen LogP contribution >= 0.6 is 15.9 Å². The van der Waals surface area contributed by atoms with Crippen LogP contribution in [0.3, 0.4) is 0 Å². The number of piperidine rings is 1. The van der Waals surface area contributed by atoms with Gasteiger partial charge in [0.05, 0.1) is 0 Å². The minimum atomic E-state index is 0.687. The number of nitrogens with zero attached hydrogens (tertiary/aromatic N) is 1. The molecule has 0 bridgehead atoms. The third-order valence-corrected chi connectivity index (χ3v) is 3.34. The fourth-order valence-corrected chi connectivity index (χ4v) is 2.41. The Bertz CT molecular complexity index is 306. The van der Waals surface area contributed by atoms with Gasteiger partial charge < -0.3 is 0 Å². The number of benzene rings is 1. The first-order chi connectivity index (χ1) is 6.75. The zero-order valence-corrected chi connectivity index (χ0v) is 9.70. The summed E-state index contributed by atoms with van der Waals surface area (Å²) >= 11 is 3.51. The maximum absolute atomic E-state index is 5.73. The molecular weight excluding hydrogens is 240 g/mol. The summed E-state index contributed by atoms with van der Waals surface area (Å²) in [4.78, 5) is 0. The lowest BCUT2D eigenvalue weighted by Gasteiger charge is -2.28. The van der Waals surface area contributed by atoms with E-state index in [1.165, 1.54) is 22.9 Å². The molecular formula is C11H15BrN2. The lowest BCUT2D eigenvalue weighted by molar-refractivity contribution is 0.217. The summed E-state index contributed by atoms with van der Waals surface area (Å²) in [6.45, 7) is 2.02. The maximum Gasteiger partial charge on any atom is 0.0178 e. The standard InChI is InChI=1S/C11H15BrN2/c12-11-3-1-2-10(8-11)9-4-6-14(13)7-5-9/h1-3,8-9H,4-7,13H2. The first-order valence-corrected chi connectivity index (χ1v) is 5.80. The molecule has 1 fully saturated rings. The molecule has 76 valence electrons. The Balaban J connectivity index is 2.08. The average Bonchev–Trinajstić information content (AvgIpc) is 2.19. The summed E-state index contributed by atoms with van der Waals surface area (Å²) in [5.74, 6) is 6.42. The molecule has 14 heavy (non-hydrogen) atoms. The number of hydrazine groups is 1. The smallest absolute Gasteiger partial charge is 0.0178 e. The molecule has 2 N–H and O–H groups in total. The van der Waals surface area contributed by atoms with E-state index in [9.17, 15) is 0 Å². The summed E-state index contributed by atoms with van der Waals surface area (Å²) in [5.41, 5.74) is 1.44. The second kappa shape index (κ2) is 4.43.